The van der Waals surface area contributed by atoms with Crippen molar-refractivity contribution in [3.63, 3.8) is 0 Å². The Morgan fingerprint density at radius 1 is 1.53 bits per heavy atom. The van der Waals surface area contributed by atoms with Crippen molar-refractivity contribution in [3.8, 4) is 0 Å². The summed E-state index contributed by atoms with van der Waals surface area (Å²) in [5.74, 6) is 0.533. The first kappa shape index (κ1) is 14.0. The van der Waals surface area contributed by atoms with Gasteiger partial charge in [-0.15, -0.1) is 11.3 Å². The number of fused-ring (bicyclic) bond motifs is 1. The van der Waals surface area contributed by atoms with E-state index < -0.39 is 0 Å². The highest BCUT2D eigenvalue weighted by Crippen LogP contribution is 2.26. The molecule has 5 nitrogen and oxygen atoms in total. The van der Waals surface area contributed by atoms with Crippen LogP contribution in [-0.2, 0) is 9.53 Å². The Hall–Kier alpha value is -1.40. The molecular formula is C12H14ClN3O2S. The zero-order valence-corrected chi connectivity index (χ0v) is 12.1. The molecule has 0 aliphatic heterocycles. The molecule has 0 radical (unpaired) electrons. The van der Waals surface area contributed by atoms with Crippen molar-refractivity contribution in [3.05, 3.63) is 16.7 Å². The van der Waals surface area contributed by atoms with Crippen molar-refractivity contribution in [2.45, 2.75) is 19.8 Å². The maximum atomic E-state index is 11.2. The Kier molecular flexibility index (Phi) is 4.93. The number of carbonyl (C=O) groups is 1. The number of hydrogen-bond donors (Lipinski definition) is 1. The molecule has 2 heterocycles. The van der Waals surface area contributed by atoms with Gasteiger partial charge in [-0.25, -0.2) is 9.97 Å². The van der Waals surface area contributed by atoms with Gasteiger partial charge in [-0.05, 0) is 36.4 Å². The van der Waals surface area contributed by atoms with E-state index in [1.165, 1.54) is 11.3 Å². The molecule has 7 heteroatoms. The molecule has 0 bridgehead atoms. The number of rotatable bonds is 6. The Morgan fingerprint density at radius 2 is 2.37 bits per heavy atom. The molecule has 102 valence electrons. The lowest BCUT2D eigenvalue weighted by Gasteiger charge is -2.06. The maximum absolute atomic E-state index is 11.2. The predicted molar refractivity (Wildman–Crippen MR) is 76.8 cm³/mol. The zero-order valence-electron chi connectivity index (χ0n) is 10.5. The van der Waals surface area contributed by atoms with Crippen LogP contribution >= 0.6 is 22.9 Å². The van der Waals surface area contributed by atoms with Gasteiger partial charge in [0.25, 0.3) is 0 Å². The van der Waals surface area contributed by atoms with Gasteiger partial charge in [-0.3, -0.25) is 4.79 Å². The lowest BCUT2D eigenvalue weighted by Crippen LogP contribution is -2.09. The second-order valence-corrected chi connectivity index (χ2v) is 5.05. The SMILES string of the molecule is CCOC(=O)CCCNc1nc(Cl)nc2sccc12. The van der Waals surface area contributed by atoms with Gasteiger partial charge in [0.2, 0.25) is 5.28 Å². The number of halogens is 1. The van der Waals surface area contributed by atoms with Crippen LogP contribution in [0.15, 0.2) is 11.4 Å². The minimum Gasteiger partial charge on any atom is -0.466 e. The van der Waals surface area contributed by atoms with Gasteiger partial charge < -0.3 is 10.1 Å². The summed E-state index contributed by atoms with van der Waals surface area (Å²) in [4.78, 5) is 20.3. The molecule has 0 fully saturated rings. The number of esters is 1. The smallest absolute Gasteiger partial charge is 0.305 e. The van der Waals surface area contributed by atoms with Crippen LogP contribution in [0.3, 0.4) is 0 Å². The number of ether oxygens (including phenoxy) is 1. The van der Waals surface area contributed by atoms with Crippen LogP contribution in [0, 0.1) is 0 Å². The van der Waals surface area contributed by atoms with Crippen molar-refractivity contribution in [1.29, 1.82) is 0 Å². The molecule has 19 heavy (non-hydrogen) atoms. The fourth-order valence-corrected chi connectivity index (χ4v) is 2.62. The van der Waals surface area contributed by atoms with Gasteiger partial charge >= 0.3 is 5.97 Å². The highest BCUT2D eigenvalue weighted by molar-refractivity contribution is 7.16. The third-order valence-electron chi connectivity index (χ3n) is 2.45. The summed E-state index contributed by atoms with van der Waals surface area (Å²) >= 11 is 7.37. The van der Waals surface area contributed by atoms with Crippen molar-refractivity contribution in [2.24, 2.45) is 0 Å². The molecule has 2 aromatic rings. The summed E-state index contributed by atoms with van der Waals surface area (Å²) in [6.45, 7) is 2.85. The standard InChI is InChI=1S/C12H14ClN3O2S/c1-2-18-9(17)4-3-6-14-10-8-5-7-19-11(8)16-12(13)15-10/h5,7H,2-4,6H2,1H3,(H,14,15,16). The first-order chi connectivity index (χ1) is 9.20. The van der Waals surface area contributed by atoms with Crippen LogP contribution in [0.4, 0.5) is 5.82 Å². The number of nitrogens with one attached hydrogen (secondary N) is 1. The van der Waals surface area contributed by atoms with E-state index in [-0.39, 0.29) is 11.3 Å². The molecule has 0 aliphatic rings. The lowest BCUT2D eigenvalue weighted by molar-refractivity contribution is -0.143. The predicted octanol–water partition coefficient (Wildman–Crippen LogP) is 3.10. The average Bonchev–Trinajstić information content (AvgIpc) is 2.82. The fourth-order valence-electron chi connectivity index (χ4n) is 1.64. The Morgan fingerprint density at radius 3 is 3.16 bits per heavy atom. The lowest BCUT2D eigenvalue weighted by atomic mass is 10.3. The number of aromatic nitrogens is 2. The number of hydrogen-bond acceptors (Lipinski definition) is 6. The van der Waals surface area contributed by atoms with Gasteiger partial charge in [-0.1, -0.05) is 0 Å². The summed E-state index contributed by atoms with van der Waals surface area (Å²) in [6, 6.07) is 1.95. The normalized spacial score (nSPS) is 10.6. The summed E-state index contributed by atoms with van der Waals surface area (Å²) in [7, 11) is 0. The minimum atomic E-state index is -0.175. The molecule has 2 rings (SSSR count). The van der Waals surface area contributed by atoms with Crippen molar-refractivity contribution in [1.82, 2.24) is 9.97 Å². The molecule has 0 spiro atoms. The van der Waals surface area contributed by atoms with Gasteiger partial charge in [0.15, 0.2) is 0 Å². The van der Waals surface area contributed by atoms with E-state index in [0.717, 1.165) is 10.2 Å². The number of nitrogens with zero attached hydrogens (tertiary/aromatic N) is 2. The van der Waals surface area contributed by atoms with Crippen molar-refractivity contribution in [2.75, 3.05) is 18.5 Å². The van der Waals surface area contributed by atoms with Crippen LogP contribution in [0.25, 0.3) is 10.2 Å². The highest BCUT2D eigenvalue weighted by atomic mass is 35.5. The van der Waals surface area contributed by atoms with E-state index in [4.69, 9.17) is 16.3 Å². The molecule has 0 amide bonds. The zero-order chi connectivity index (χ0) is 13.7. The van der Waals surface area contributed by atoms with E-state index in [1.54, 1.807) is 6.92 Å². The minimum absolute atomic E-state index is 0.175. The molecule has 2 aromatic heterocycles. The topological polar surface area (TPSA) is 64.1 Å². The van der Waals surface area contributed by atoms with E-state index >= 15 is 0 Å². The van der Waals surface area contributed by atoms with Crippen LogP contribution in [0.2, 0.25) is 5.28 Å². The summed E-state index contributed by atoms with van der Waals surface area (Å²) in [6.07, 6.45) is 1.08. The molecule has 0 unspecified atom stereocenters. The second kappa shape index (κ2) is 6.68. The first-order valence-electron chi connectivity index (χ1n) is 6.01. The van der Waals surface area contributed by atoms with E-state index in [2.05, 4.69) is 15.3 Å². The molecule has 0 saturated carbocycles. The summed E-state index contributed by atoms with van der Waals surface area (Å²) < 4.78 is 4.86. The Bertz CT molecular complexity index is 573. The van der Waals surface area contributed by atoms with Gasteiger partial charge in [0.05, 0.1) is 12.0 Å². The van der Waals surface area contributed by atoms with E-state index in [1.807, 2.05) is 11.4 Å². The van der Waals surface area contributed by atoms with Gasteiger partial charge in [0.1, 0.15) is 10.6 Å². The molecule has 0 saturated heterocycles. The molecule has 1 N–H and O–H groups in total. The third kappa shape index (κ3) is 3.78. The van der Waals surface area contributed by atoms with Crippen molar-refractivity contribution >= 4 is 44.9 Å². The van der Waals surface area contributed by atoms with E-state index in [9.17, 15) is 4.79 Å². The van der Waals surface area contributed by atoms with Crippen LogP contribution in [0.5, 0.6) is 0 Å². The summed E-state index contributed by atoms with van der Waals surface area (Å²) in [5.41, 5.74) is 0. The Balaban J connectivity index is 1.91. The van der Waals surface area contributed by atoms with Crippen LogP contribution in [0.1, 0.15) is 19.8 Å². The largest absolute Gasteiger partial charge is 0.466 e. The number of thiophene rings is 1. The van der Waals surface area contributed by atoms with Crippen molar-refractivity contribution < 1.29 is 9.53 Å². The number of anilines is 1. The second-order valence-electron chi connectivity index (χ2n) is 3.82. The molecule has 0 aliphatic carbocycles. The van der Waals surface area contributed by atoms with Gasteiger partial charge in [-0.2, -0.15) is 0 Å². The monoisotopic (exact) mass is 299 g/mol. The van der Waals surface area contributed by atoms with Crippen LogP contribution in [-0.4, -0.2) is 29.1 Å². The van der Waals surface area contributed by atoms with Gasteiger partial charge in [0, 0.05) is 13.0 Å². The molecule has 0 aromatic carbocycles. The first-order valence-corrected chi connectivity index (χ1v) is 7.26. The molecular weight excluding hydrogens is 286 g/mol. The maximum Gasteiger partial charge on any atom is 0.305 e. The molecule has 0 atom stereocenters. The van der Waals surface area contributed by atoms with E-state index in [0.29, 0.717) is 31.8 Å². The fraction of sp³-hybridized carbons (Fsp3) is 0.417. The van der Waals surface area contributed by atoms with Crippen LogP contribution < -0.4 is 5.32 Å². The Labute approximate surface area is 120 Å². The quantitative estimate of drug-likeness (QED) is 0.504. The average molecular weight is 300 g/mol. The third-order valence-corrected chi connectivity index (χ3v) is 3.43. The summed E-state index contributed by atoms with van der Waals surface area (Å²) in [5, 5.41) is 6.29. The number of carbonyl (C=O) groups excluding carboxylic acids is 1. The highest BCUT2D eigenvalue weighted by Gasteiger charge is 2.07.